The third kappa shape index (κ3) is 4.35. The van der Waals surface area contributed by atoms with Gasteiger partial charge in [0.25, 0.3) is 0 Å². The molecule has 1 heterocycles. The number of aromatic nitrogens is 1. The molecule has 130 valence electrons. The van der Waals surface area contributed by atoms with Gasteiger partial charge in [0.05, 0.1) is 11.2 Å². The van der Waals surface area contributed by atoms with Crippen LogP contribution in [0.5, 0.6) is 0 Å². The Kier molecular flexibility index (Phi) is 5.02. The first kappa shape index (κ1) is 17.4. The molecular formula is C21H25N3O. The molecule has 0 aliphatic heterocycles. The molecule has 1 aromatic carbocycles. The fourth-order valence-corrected chi connectivity index (χ4v) is 2.85. The Balaban J connectivity index is 1.71. The first-order valence-corrected chi connectivity index (χ1v) is 8.50. The molecule has 0 saturated heterocycles. The lowest BCUT2D eigenvalue weighted by Crippen LogP contribution is -2.55. The van der Waals surface area contributed by atoms with Crippen LogP contribution in [-0.4, -0.2) is 16.6 Å². The van der Waals surface area contributed by atoms with Crippen LogP contribution < -0.4 is 11.5 Å². The van der Waals surface area contributed by atoms with E-state index in [9.17, 15) is 0 Å². The molecular weight excluding hydrogens is 310 g/mol. The van der Waals surface area contributed by atoms with Crippen molar-refractivity contribution in [3.8, 4) is 0 Å². The van der Waals surface area contributed by atoms with Gasteiger partial charge in [0.2, 0.25) is 0 Å². The van der Waals surface area contributed by atoms with Crippen LogP contribution >= 0.6 is 0 Å². The van der Waals surface area contributed by atoms with Gasteiger partial charge in [-0.05, 0) is 49.6 Å². The van der Waals surface area contributed by atoms with Crippen LogP contribution in [0.1, 0.15) is 22.4 Å². The van der Waals surface area contributed by atoms with Gasteiger partial charge >= 0.3 is 0 Å². The lowest BCUT2D eigenvalue weighted by molar-refractivity contribution is 0.200. The normalized spacial score (nSPS) is 22.6. The molecule has 1 aromatic heterocycles. The monoisotopic (exact) mass is 335 g/mol. The first-order chi connectivity index (χ1) is 11.9. The molecule has 4 N–H and O–H groups in total. The van der Waals surface area contributed by atoms with Crippen molar-refractivity contribution in [2.24, 2.45) is 11.5 Å². The van der Waals surface area contributed by atoms with E-state index in [-0.39, 0.29) is 6.04 Å². The number of ether oxygens (including phenoxy) is 1. The van der Waals surface area contributed by atoms with Crippen molar-refractivity contribution in [2.75, 3.05) is 0 Å². The van der Waals surface area contributed by atoms with Crippen LogP contribution in [0.25, 0.3) is 0 Å². The van der Waals surface area contributed by atoms with E-state index >= 15 is 0 Å². The van der Waals surface area contributed by atoms with Crippen molar-refractivity contribution in [2.45, 2.75) is 38.5 Å². The van der Waals surface area contributed by atoms with E-state index in [0.717, 1.165) is 22.6 Å². The van der Waals surface area contributed by atoms with Crippen molar-refractivity contribution in [3.63, 3.8) is 0 Å². The topological polar surface area (TPSA) is 74.2 Å². The second-order valence-electron chi connectivity index (χ2n) is 6.82. The van der Waals surface area contributed by atoms with E-state index in [2.05, 4.69) is 36.2 Å². The standard InChI is InChI=1S/C21H25N3O/c1-15-3-6-17(7-4-15)11-21(23)12-19(9-10-20(21)22)25-14-18-8-5-16(2)13-24-18/h3-10,12-13,20H,11,14,22-23H2,1-2H3. The first-order valence-electron chi connectivity index (χ1n) is 8.50. The van der Waals surface area contributed by atoms with Crippen molar-refractivity contribution >= 4 is 0 Å². The lowest BCUT2D eigenvalue weighted by Gasteiger charge is -2.34. The second kappa shape index (κ2) is 7.21. The summed E-state index contributed by atoms with van der Waals surface area (Å²) in [5, 5.41) is 0. The van der Waals surface area contributed by atoms with Crippen molar-refractivity contribution in [1.29, 1.82) is 0 Å². The number of aryl methyl sites for hydroxylation is 2. The molecule has 25 heavy (non-hydrogen) atoms. The van der Waals surface area contributed by atoms with Crippen molar-refractivity contribution < 1.29 is 4.74 Å². The highest BCUT2D eigenvalue weighted by Crippen LogP contribution is 2.24. The van der Waals surface area contributed by atoms with Gasteiger partial charge in [-0.2, -0.15) is 0 Å². The Morgan fingerprint density at radius 1 is 1.08 bits per heavy atom. The smallest absolute Gasteiger partial charge is 0.130 e. The minimum atomic E-state index is -0.667. The summed E-state index contributed by atoms with van der Waals surface area (Å²) in [6.45, 7) is 4.49. The maximum atomic E-state index is 6.60. The van der Waals surface area contributed by atoms with Crippen LogP contribution in [-0.2, 0) is 17.8 Å². The predicted molar refractivity (Wildman–Crippen MR) is 101 cm³/mol. The number of rotatable bonds is 5. The maximum Gasteiger partial charge on any atom is 0.130 e. The summed E-state index contributed by atoms with van der Waals surface area (Å²) in [6.07, 6.45) is 8.23. The number of hydrogen-bond acceptors (Lipinski definition) is 4. The van der Waals surface area contributed by atoms with Crippen molar-refractivity contribution in [1.82, 2.24) is 4.98 Å². The van der Waals surface area contributed by atoms with E-state index in [1.807, 2.05) is 43.5 Å². The van der Waals surface area contributed by atoms with Crippen molar-refractivity contribution in [3.05, 3.63) is 89.0 Å². The van der Waals surface area contributed by atoms with E-state index in [0.29, 0.717) is 13.0 Å². The Hall–Kier alpha value is -2.43. The summed E-state index contributed by atoms with van der Waals surface area (Å²) >= 11 is 0. The quantitative estimate of drug-likeness (QED) is 0.881. The van der Waals surface area contributed by atoms with E-state index in [4.69, 9.17) is 16.2 Å². The van der Waals surface area contributed by atoms with Gasteiger partial charge in [0.15, 0.2) is 0 Å². The molecule has 0 spiro atoms. The number of benzene rings is 1. The van der Waals surface area contributed by atoms with Gasteiger partial charge in [-0.25, -0.2) is 0 Å². The fourth-order valence-electron chi connectivity index (χ4n) is 2.85. The minimum absolute atomic E-state index is 0.251. The van der Waals surface area contributed by atoms with E-state index in [1.165, 1.54) is 5.56 Å². The summed E-state index contributed by atoms with van der Waals surface area (Å²) in [6, 6.07) is 12.1. The molecule has 0 saturated carbocycles. The molecule has 0 radical (unpaired) electrons. The summed E-state index contributed by atoms with van der Waals surface area (Å²) < 4.78 is 5.89. The van der Waals surface area contributed by atoms with Crippen LogP contribution in [0.15, 0.2) is 66.6 Å². The van der Waals surface area contributed by atoms with Gasteiger partial charge in [0.1, 0.15) is 12.4 Å². The molecule has 1 aliphatic rings. The molecule has 2 atom stereocenters. The number of nitrogens with two attached hydrogens (primary N) is 2. The molecule has 2 aromatic rings. The van der Waals surface area contributed by atoms with Crippen LogP contribution in [0.2, 0.25) is 0 Å². The van der Waals surface area contributed by atoms with Gasteiger partial charge in [0, 0.05) is 12.2 Å². The molecule has 2 unspecified atom stereocenters. The lowest BCUT2D eigenvalue weighted by atomic mass is 9.81. The van der Waals surface area contributed by atoms with Gasteiger partial charge < -0.3 is 16.2 Å². The minimum Gasteiger partial charge on any atom is -0.488 e. The van der Waals surface area contributed by atoms with Gasteiger partial charge in [-0.3, -0.25) is 4.98 Å². The predicted octanol–water partition coefficient (Wildman–Crippen LogP) is 2.94. The highest BCUT2D eigenvalue weighted by atomic mass is 16.5. The molecule has 0 amide bonds. The number of hydrogen-bond donors (Lipinski definition) is 2. The SMILES string of the molecule is Cc1ccc(CC2(N)C=C(OCc3ccc(C)cn3)C=CC2N)cc1. The van der Waals surface area contributed by atoms with Gasteiger partial charge in [-0.15, -0.1) is 0 Å². The van der Waals surface area contributed by atoms with Gasteiger partial charge in [-0.1, -0.05) is 42.0 Å². The van der Waals surface area contributed by atoms with E-state index < -0.39 is 5.54 Å². The Labute approximate surface area is 149 Å². The highest BCUT2D eigenvalue weighted by molar-refractivity contribution is 5.34. The zero-order chi connectivity index (χ0) is 17.9. The van der Waals surface area contributed by atoms with E-state index in [1.54, 1.807) is 0 Å². The third-order valence-corrected chi connectivity index (χ3v) is 4.49. The molecule has 0 fully saturated rings. The van der Waals surface area contributed by atoms with Crippen LogP contribution in [0.3, 0.4) is 0 Å². The van der Waals surface area contributed by atoms with Crippen LogP contribution in [0.4, 0.5) is 0 Å². The average molecular weight is 335 g/mol. The molecule has 1 aliphatic carbocycles. The molecule has 0 bridgehead atoms. The Bertz CT molecular complexity index is 778. The molecule has 3 rings (SSSR count). The molecule has 4 nitrogen and oxygen atoms in total. The number of allylic oxidation sites excluding steroid dienone is 1. The van der Waals surface area contributed by atoms with Crippen LogP contribution in [0, 0.1) is 13.8 Å². The number of nitrogens with zero attached hydrogens (tertiary/aromatic N) is 1. The second-order valence-corrected chi connectivity index (χ2v) is 6.82. The summed E-state index contributed by atoms with van der Waals surface area (Å²) in [4.78, 5) is 4.36. The zero-order valence-electron chi connectivity index (χ0n) is 14.8. The average Bonchev–Trinajstić information content (AvgIpc) is 2.60. The largest absolute Gasteiger partial charge is 0.488 e. The summed E-state index contributed by atoms with van der Waals surface area (Å²) in [5.41, 5.74) is 16.6. The molecule has 4 heteroatoms. The zero-order valence-corrected chi connectivity index (χ0v) is 14.8. The highest BCUT2D eigenvalue weighted by Gasteiger charge is 2.32. The fraction of sp³-hybridized carbons (Fsp3) is 0.286. The summed E-state index contributed by atoms with van der Waals surface area (Å²) in [7, 11) is 0. The Morgan fingerprint density at radius 2 is 1.80 bits per heavy atom. The third-order valence-electron chi connectivity index (χ3n) is 4.49. The number of pyridine rings is 1. The Morgan fingerprint density at radius 3 is 2.48 bits per heavy atom. The summed E-state index contributed by atoms with van der Waals surface area (Å²) in [5.74, 6) is 0.735. The maximum absolute atomic E-state index is 6.60.